The highest BCUT2D eigenvalue weighted by Gasteiger charge is 2.39. The summed E-state index contributed by atoms with van der Waals surface area (Å²) in [5.41, 5.74) is 2.51. The van der Waals surface area contributed by atoms with Crippen LogP contribution in [0, 0.1) is 6.92 Å². The first-order chi connectivity index (χ1) is 22.4. The van der Waals surface area contributed by atoms with Crippen molar-refractivity contribution in [1.82, 2.24) is 29.3 Å². The Morgan fingerprint density at radius 1 is 1.04 bits per heavy atom. The van der Waals surface area contributed by atoms with E-state index in [2.05, 4.69) is 49.1 Å². The third kappa shape index (κ3) is 6.37. The Balaban J connectivity index is 1.36. The number of nitrogens with zero attached hydrogens (tertiary/aromatic N) is 7. The average Bonchev–Trinajstić information content (AvgIpc) is 3.86. The lowest BCUT2D eigenvalue weighted by Crippen LogP contribution is -2.45. The number of aryl methyl sites for hydroxylation is 1. The van der Waals surface area contributed by atoms with Gasteiger partial charge in [0.15, 0.2) is 31.3 Å². The number of aromatic nitrogens is 6. The number of hydrogen-bond acceptors (Lipinski definition) is 11. The average molecular weight is 665 g/mol. The van der Waals surface area contributed by atoms with E-state index in [0.29, 0.717) is 48.8 Å². The van der Waals surface area contributed by atoms with Crippen molar-refractivity contribution in [3.63, 3.8) is 0 Å². The Morgan fingerprint density at radius 2 is 1.79 bits per heavy atom. The van der Waals surface area contributed by atoms with Crippen molar-refractivity contribution in [2.24, 2.45) is 0 Å². The van der Waals surface area contributed by atoms with Gasteiger partial charge >= 0.3 is 0 Å². The topological polar surface area (TPSA) is 123 Å². The highest BCUT2D eigenvalue weighted by atomic mass is 28.4. The Hall–Kier alpha value is -3.88. The van der Waals surface area contributed by atoms with E-state index in [9.17, 15) is 0 Å². The molecule has 13 nitrogen and oxygen atoms in total. The van der Waals surface area contributed by atoms with Crippen molar-refractivity contribution in [3.05, 3.63) is 30.4 Å². The van der Waals surface area contributed by atoms with Crippen molar-refractivity contribution in [2.45, 2.75) is 77.2 Å². The summed E-state index contributed by atoms with van der Waals surface area (Å²) in [6, 6.07) is 4.08. The van der Waals surface area contributed by atoms with Crippen LogP contribution in [-0.4, -0.2) is 91.4 Å². The van der Waals surface area contributed by atoms with Gasteiger partial charge < -0.3 is 38.2 Å². The van der Waals surface area contributed by atoms with Crippen LogP contribution in [0.25, 0.3) is 16.7 Å². The molecule has 0 radical (unpaired) electrons. The van der Waals surface area contributed by atoms with Crippen LogP contribution in [-0.2, 0) is 9.16 Å². The van der Waals surface area contributed by atoms with E-state index in [1.807, 2.05) is 34.5 Å². The fraction of sp³-hybridized carbons (Fsp3) is 0.576. The maximum absolute atomic E-state index is 6.74. The van der Waals surface area contributed by atoms with E-state index in [1.54, 1.807) is 27.7 Å². The van der Waals surface area contributed by atoms with E-state index in [1.165, 1.54) is 0 Å². The standard InChI is InChI=1S/C33H48N8O5Si/c1-21-28-30(40-13-10-11-22(40)19-46-47(8,9)33(2,3)4)36-32(37-31(28)41(38-21)23-12-14-45-18-23)35-27-17-39(20-34-27)24-15-25(42-5)29(44-7)26(16-24)43-6/h15-17,20,22-23H,10-14,18-19H2,1-9H3,(H,35,36,37)/t22-,23?/m0/s1. The molecule has 0 spiro atoms. The van der Waals surface area contributed by atoms with Crippen molar-refractivity contribution >= 4 is 36.9 Å². The summed E-state index contributed by atoms with van der Waals surface area (Å²) in [5.74, 6) is 3.57. The normalized spacial score (nSPS) is 18.7. The molecule has 254 valence electrons. The van der Waals surface area contributed by atoms with Crippen LogP contribution in [0.5, 0.6) is 17.2 Å². The lowest BCUT2D eigenvalue weighted by Gasteiger charge is -2.38. The Labute approximate surface area is 277 Å². The van der Waals surface area contributed by atoms with Crippen LogP contribution < -0.4 is 24.4 Å². The molecule has 47 heavy (non-hydrogen) atoms. The summed E-state index contributed by atoms with van der Waals surface area (Å²) in [4.78, 5) is 17.2. The zero-order valence-electron chi connectivity index (χ0n) is 29.1. The summed E-state index contributed by atoms with van der Waals surface area (Å²) in [7, 11) is 2.86. The monoisotopic (exact) mass is 664 g/mol. The molecule has 4 aromatic rings. The van der Waals surface area contributed by atoms with E-state index >= 15 is 0 Å². The molecule has 0 amide bonds. The molecule has 6 rings (SSSR count). The van der Waals surface area contributed by atoms with Crippen LogP contribution >= 0.6 is 0 Å². The minimum atomic E-state index is -1.92. The Kier molecular flexibility index (Phi) is 9.11. The van der Waals surface area contributed by atoms with Crippen LogP contribution in [0.4, 0.5) is 17.6 Å². The predicted molar refractivity (Wildman–Crippen MR) is 185 cm³/mol. The fourth-order valence-electron chi connectivity index (χ4n) is 6.09. The van der Waals surface area contributed by atoms with Crippen molar-refractivity contribution in [3.8, 4) is 22.9 Å². The smallest absolute Gasteiger partial charge is 0.232 e. The second-order valence-corrected chi connectivity index (χ2v) is 18.7. The predicted octanol–water partition coefficient (Wildman–Crippen LogP) is 6.04. The molecule has 0 aliphatic carbocycles. The van der Waals surface area contributed by atoms with Gasteiger partial charge in [-0.05, 0) is 44.3 Å². The first-order valence-corrected chi connectivity index (χ1v) is 19.2. The SMILES string of the molecule is COc1cc(-n2cnc(Nc3nc(N4CCC[C@H]4CO[Si](C)(C)C(C)(C)C)c4c(C)nn(C5CCOC5)c4n3)c2)cc(OC)c1OC. The molecule has 0 bridgehead atoms. The second kappa shape index (κ2) is 13.0. The van der Waals surface area contributed by atoms with E-state index in [-0.39, 0.29) is 17.1 Å². The summed E-state index contributed by atoms with van der Waals surface area (Å²) < 4.78 is 33.0. The minimum Gasteiger partial charge on any atom is -0.493 e. The molecule has 2 aliphatic rings. The molecule has 2 aliphatic heterocycles. The van der Waals surface area contributed by atoms with Gasteiger partial charge in [0.1, 0.15) is 12.1 Å². The van der Waals surface area contributed by atoms with Gasteiger partial charge in [0, 0.05) is 25.3 Å². The summed E-state index contributed by atoms with van der Waals surface area (Å²) in [6.07, 6.45) is 6.62. The van der Waals surface area contributed by atoms with Gasteiger partial charge in [-0.15, -0.1) is 0 Å². The van der Waals surface area contributed by atoms with Crippen LogP contribution in [0.3, 0.4) is 0 Å². The highest BCUT2D eigenvalue weighted by molar-refractivity contribution is 6.74. The van der Waals surface area contributed by atoms with Crippen LogP contribution in [0.15, 0.2) is 24.7 Å². The molecule has 2 fully saturated rings. The first kappa shape index (κ1) is 33.0. The zero-order valence-corrected chi connectivity index (χ0v) is 30.1. The molecular formula is C33H48N8O5Si. The van der Waals surface area contributed by atoms with Crippen molar-refractivity contribution in [2.75, 3.05) is 57.9 Å². The van der Waals surface area contributed by atoms with Gasteiger partial charge in [0.2, 0.25) is 11.7 Å². The number of benzene rings is 1. The van der Waals surface area contributed by atoms with Crippen molar-refractivity contribution < 1.29 is 23.4 Å². The largest absolute Gasteiger partial charge is 0.493 e. The fourth-order valence-corrected chi connectivity index (χ4v) is 7.13. The molecule has 2 atom stereocenters. The summed E-state index contributed by atoms with van der Waals surface area (Å²) in [5, 5.41) is 9.49. The maximum atomic E-state index is 6.74. The van der Waals surface area contributed by atoms with Gasteiger partial charge in [-0.3, -0.25) is 0 Å². The van der Waals surface area contributed by atoms with Crippen LogP contribution in [0.2, 0.25) is 18.1 Å². The number of imidazole rings is 1. The number of methoxy groups -OCH3 is 3. The van der Waals surface area contributed by atoms with Gasteiger partial charge in [-0.2, -0.15) is 15.1 Å². The quantitative estimate of drug-likeness (QED) is 0.189. The van der Waals surface area contributed by atoms with Gasteiger partial charge in [-0.1, -0.05) is 20.8 Å². The molecule has 1 N–H and O–H groups in total. The molecule has 2 saturated heterocycles. The highest BCUT2D eigenvalue weighted by Crippen LogP contribution is 2.41. The number of fused-ring (bicyclic) bond motifs is 1. The molecule has 0 saturated carbocycles. The minimum absolute atomic E-state index is 0.123. The number of anilines is 3. The lowest BCUT2D eigenvalue weighted by molar-refractivity contribution is 0.185. The zero-order chi connectivity index (χ0) is 33.5. The molecule has 14 heteroatoms. The van der Waals surface area contributed by atoms with Crippen molar-refractivity contribution in [1.29, 1.82) is 0 Å². The number of ether oxygens (including phenoxy) is 4. The molecular weight excluding hydrogens is 617 g/mol. The summed E-state index contributed by atoms with van der Waals surface area (Å²) >= 11 is 0. The number of nitrogens with one attached hydrogen (secondary N) is 1. The summed E-state index contributed by atoms with van der Waals surface area (Å²) in [6.45, 7) is 16.4. The molecule has 3 aromatic heterocycles. The van der Waals surface area contributed by atoms with E-state index in [0.717, 1.165) is 54.0 Å². The number of rotatable bonds is 11. The Morgan fingerprint density at radius 3 is 2.43 bits per heavy atom. The van der Waals surface area contributed by atoms with Crippen LogP contribution in [0.1, 0.15) is 51.8 Å². The van der Waals surface area contributed by atoms with E-state index in [4.69, 9.17) is 38.4 Å². The molecule has 5 heterocycles. The van der Waals surface area contributed by atoms with Gasteiger partial charge in [-0.25, -0.2) is 9.67 Å². The van der Waals surface area contributed by atoms with Gasteiger partial charge in [0.05, 0.1) is 69.6 Å². The first-order valence-electron chi connectivity index (χ1n) is 16.3. The molecule has 1 unspecified atom stereocenters. The van der Waals surface area contributed by atoms with E-state index < -0.39 is 8.32 Å². The van der Waals surface area contributed by atoms with Gasteiger partial charge in [0.25, 0.3) is 0 Å². The maximum Gasteiger partial charge on any atom is 0.232 e. The lowest BCUT2D eigenvalue weighted by atomic mass is 10.2. The second-order valence-electron chi connectivity index (χ2n) is 13.9. The number of hydrogen-bond donors (Lipinski definition) is 1. The third-order valence-corrected chi connectivity index (χ3v) is 14.3. The Bertz CT molecular complexity index is 1700. The molecule has 1 aromatic carbocycles. The third-order valence-electron chi connectivity index (χ3n) is 9.82.